The third kappa shape index (κ3) is 4.93. The van der Waals surface area contributed by atoms with E-state index in [1.807, 2.05) is 6.92 Å². The van der Waals surface area contributed by atoms with Gasteiger partial charge in [-0.05, 0) is 19.4 Å². The molecule has 0 aliphatic rings. The Balaban J connectivity index is 2.98. The maximum atomic E-state index is 11.8. The SMILES string of the molecule is CCCCC(=O)Nc1cc(OC)c(C(=O)OCC)cc1Cl. The summed E-state index contributed by atoms with van der Waals surface area (Å²) in [6.45, 7) is 3.99. The van der Waals surface area contributed by atoms with E-state index in [1.54, 1.807) is 6.92 Å². The lowest BCUT2D eigenvalue weighted by atomic mass is 10.1. The molecule has 116 valence electrons. The van der Waals surface area contributed by atoms with Gasteiger partial charge in [0.05, 0.1) is 24.4 Å². The van der Waals surface area contributed by atoms with E-state index in [0.29, 0.717) is 17.9 Å². The highest BCUT2D eigenvalue weighted by Gasteiger charge is 2.17. The van der Waals surface area contributed by atoms with Crippen molar-refractivity contribution in [2.24, 2.45) is 0 Å². The minimum Gasteiger partial charge on any atom is -0.496 e. The Morgan fingerprint density at radius 1 is 1.29 bits per heavy atom. The van der Waals surface area contributed by atoms with Crippen molar-refractivity contribution in [3.05, 3.63) is 22.7 Å². The highest BCUT2D eigenvalue weighted by molar-refractivity contribution is 6.34. The molecule has 0 aliphatic carbocycles. The van der Waals surface area contributed by atoms with Crippen molar-refractivity contribution < 1.29 is 19.1 Å². The first-order valence-corrected chi connectivity index (χ1v) is 7.25. The average Bonchev–Trinajstić information content (AvgIpc) is 2.47. The standard InChI is InChI=1S/C15H20ClNO4/c1-4-6-7-14(18)17-12-9-13(20-3)10(8-11(12)16)15(19)21-5-2/h8-9H,4-7H2,1-3H3,(H,17,18). The molecule has 6 heteroatoms. The summed E-state index contributed by atoms with van der Waals surface area (Å²) >= 11 is 6.10. The van der Waals surface area contributed by atoms with Crippen molar-refractivity contribution in [1.82, 2.24) is 0 Å². The van der Waals surface area contributed by atoms with Crippen LogP contribution in [0.3, 0.4) is 0 Å². The van der Waals surface area contributed by atoms with Crippen LogP contribution in [0.1, 0.15) is 43.5 Å². The van der Waals surface area contributed by atoms with E-state index in [9.17, 15) is 9.59 Å². The summed E-state index contributed by atoms with van der Waals surface area (Å²) in [6, 6.07) is 2.96. The van der Waals surface area contributed by atoms with Crippen LogP contribution in [0.5, 0.6) is 5.75 Å². The number of carbonyl (C=O) groups excluding carboxylic acids is 2. The van der Waals surface area contributed by atoms with Gasteiger partial charge in [-0.2, -0.15) is 0 Å². The monoisotopic (exact) mass is 313 g/mol. The summed E-state index contributed by atoms with van der Waals surface area (Å²) in [5.41, 5.74) is 0.651. The van der Waals surface area contributed by atoms with Crippen LogP contribution in [0.4, 0.5) is 5.69 Å². The van der Waals surface area contributed by atoms with Crippen LogP contribution in [0.25, 0.3) is 0 Å². The molecule has 5 nitrogen and oxygen atoms in total. The number of unbranched alkanes of at least 4 members (excludes halogenated alkanes) is 1. The first-order valence-electron chi connectivity index (χ1n) is 6.87. The Labute approximate surface area is 129 Å². The highest BCUT2D eigenvalue weighted by atomic mass is 35.5. The molecule has 1 rings (SSSR count). The molecule has 1 aromatic rings. The maximum Gasteiger partial charge on any atom is 0.341 e. The van der Waals surface area contributed by atoms with Crippen molar-refractivity contribution in [1.29, 1.82) is 0 Å². The Bertz CT molecular complexity index is 517. The fourth-order valence-corrected chi connectivity index (χ4v) is 1.95. The van der Waals surface area contributed by atoms with E-state index >= 15 is 0 Å². The van der Waals surface area contributed by atoms with Crippen LogP contribution in [0.2, 0.25) is 5.02 Å². The van der Waals surface area contributed by atoms with Gasteiger partial charge in [-0.25, -0.2) is 4.79 Å². The average molecular weight is 314 g/mol. The molecular formula is C15H20ClNO4. The fraction of sp³-hybridized carbons (Fsp3) is 0.467. The quantitative estimate of drug-likeness (QED) is 0.780. The van der Waals surface area contributed by atoms with Crippen LogP contribution in [-0.4, -0.2) is 25.6 Å². The van der Waals surface area contributed by atoms with E-state index in [2.05, 4.69) is 5.32 Å². The highest BCUT2D eigenvalue weighted by Crippen LogP contribution is 2.31. The molecule has 1 N–H and O–H groups in total. The second-order valence-corrected chi connectivity index (χ2v) is 4.81. The third-order valence-corrected chi connectivity index (χ3v) is 3.13. The van der Waals surface area contributed by atoms with E-state index in [1.165, 1.54) is 19.2 Å². The molecule has 0 saturated heterocycles. The van der Waals surface area contributed by atoms with Crippen LogP contribution >= 0.6 is 11.6 Å². The number of hydrogen-bond acceptors (Lipinski definition) is 4. The molecule has 1 aromatic carbocycles. The first kappa shape index (κ1) is 17.3. The van der Waals surface area contributed by atoms with Crippen LogP contribution in [0.15, 0.2) is 12.1 Å². The molecule has 0 atom stereocenters. The van der Waals surface area contributed by atoms with Crippen molar-refractivity contribution in [3.63, 3.8) is 0 Å². The lowest BCUT2D eigenvalue weighted by Crippen LogP contribution is -2.13. The minimum absolute atomic E-state index is 0.121. The summed E-state index contributed by atoms with van der Waals surface area (Å²) < 4.78 is 10.1. The summed E-state index contributed by atoms with van der Waals surface area (Å²) in [6.07, 6.45) is 2.17. The van der Waals surface area contributed by atoms with Gasteiger partial charge in [-0.3, -0.25) is 4.79 Å². The van der Waals surface area contributed by atoms with E-state index in [-0.39, 0.29) is 23.1 Å². The molecule has 0 saturated carbocycles. The van der Waals surface area contributed by atoms with Gasteiger partial charge in [0.1, 0.15) is 11.3 Å². The molecule has 1 amide bonds. The summed E-state index contributed by atoms with van der Waals surface area (Å²) in [5.74, 6) is -0.326. The van der Waals surface area contributed by atoms with Crippen molar-refractivity contribution in [2.45, 2.75) is 33.1 Å². The smallest absolute Gasteiger partial charge is 0.341 e. The number of nitrogens with one attached hydrogen (secondary N) is 1. The molecule has 0 radical (unpaired) electrons. The Kier molecular flexibility index (Phi) is 7.02. The number of carbonyl (C=O) groups is 2. The number of anilines is 1. The summed E-state index contributed by atoms with van der Waals surface area (Å²) in [7, 11) is 1.44. The van der Waals surface area contributed by atoms with Crippen molar-refractivity contribution in [2.75, 3.05) is 19.0 Å². The molecule has 21 heavy (non-hydrogen) atoms. The third-order valence-electron chi connectivity index (χ3n) is 2.82. The van der Waals surface area contributed by atoms with Gasteiger partial charge in [-0.15, -0.1) is 0 Å². The summed E-state index contributed by atoms with van der Waals surface area (Å²) in [4.78, 5) is 23.5. The van der Waals surface area contributed by atoms with Gasteiger partial charge in [0.2, 0.25) is 5.91 Å². The largest absolute Gasteiger partial charge is 0.496 e. The number of rotatable bonds is 7. The number of ether oxygens (including phenoxy) is 2. The van der Waals surface area contributed by atoms with Crippen LogP contribution in [0, 0.1) is 0 Å². The van der Waals surface area contributed by atoms with Gasteiger partial charge in [0.15, 0.2) is 0 Å². The fourth-order valence-electron chi connectivity index (χ4n) is 1.74. The minimum atomic E-state index is -0.514. The van der Waals surface area contributed by atoms with Crippen LogP contribution < -0.4 is 10.1 Å². The summed E-state index contributed by atoms with van der Waals surface area (Å²) in [5, 5.41) is 2.98. The zero-order chi connectivity index (χ0) is 15.8. The van der Waals surface area contributed by atoms with Gasteiger partial charge in [-0.1, -0.05) is 24.9 Å². The second kappa shape index (κ2) is 8.52. The zero-order valence-electron chi connectivity index (χ0n) is 12.5. The molecule has 0 spiro atoms. The molecule has 0 fully saturated rings. The normalized spacial score (nSPS) is 10.1. The number of benzene rings is 1. The van der Waals surface area contributed by atoms with Gasteiger partial charge in [0.25, 0.3) is 0 Å². The van der Waals surface area contributed by atoms with Crippen molar-refractivity contribution in [3.8, 4) is 5.75 Å². The van der Waals surface area contributed by atoms with Gasteiger partial charge >= 0.3 is 5.97 Å². The molecular weight excluding hydrogens is 294 g/mol. The maximum absolute atomic E-state index is 11.8. The topological polar surface area (TPSA) is 64.6 Å². The predicted octanol–water partition coefficient (Wildman–Crippen LogP) is 3.65. The molecule has 0 heterocycles. The number of halogens is 1. The number of esters is 1. The van der Waals surface area contributed by atoms with E-state index in [0.717, 1.165) is 12.8 Å². The Hall–Kier alpha value is -1.75. The zero-order valence-corrected chi connectivity index (χ0v) is 13.3. The second-order valence-electron chi connectivity index (χ2n) is 4.40. The Morgan fingerprint density at radius 3 is 2.57 bits per heavy atom. The molecule has 0 unspecified atom stereocenters. The lowest BCUT2D eigenvalue weighted by molar-refractivity contribution is -0.116. The number of amides is 1. The number of methoxy groups -OCH3 is 1. The molecule has 0 aliphatic heterocycles. The van der Waals surface area contributed by atoms with Crippen molar-refractivity contribution >= 4 is 29.2 Å². The van der Waals surface area contributed by atoms with Gasteiger partial charge in [0, 0.05) is 12.5 Å². The number of hydrogen-bond donors (Lipinski definition) is 1. The first-order chi connectivity index (χ1) is 10.0. The van der Waals surface area contributed by atoms with Crippen LogP contribution in [-0.2, 0) is 9.53 Å². The lowest BCUT2D eigenvalue weighted by Gasteiger charge is -2.13. The van der Waals surface area contributed by atoms with Gasteiger partial charge < -0.3 is 14.8 Å². The molecule has 0 aromatic heterocycles. The Morgan fingerprint density at radius 2 is 2.00 bits per heavy atom. The predicted molar refractivity (Wildman–Crippen MR) is 82.1 cm³/mol. The van der Waals surface area contributed by atoms with E-state index in [4.69, 9.17) is 21.1 Å². The molecule has 0 bridgehead atoms. The van der Waals surface area contributed by atoms with E-state index < -0.39 is 5.97 Å².